The Hall–Kier alpha value is -1.06. The lowest BCUT2D eigenvalue weighted by Crippen LogP contribution is -2.15. The number of carbonyl (C=O) groups is 2. The average Bonchev–Trinajstić information content (AvgIpc) is 2.13. The Balaban J connectivity index is 3.56. The molecule has 0 saturated carbocycles. The molecule has 0 aliphatic rings. The van der Waals surface area contributed by atoms with Crippen LogP contribution in [0.2, 0.25) is 0 Å². The van der Waals surface area contributed by atoms with Gasteiger partial charge in [0.15, 0.2) is 0 Å². The number of carbonyl (C=O) groups excluding carboxylic acids is 1. The molecule has 0 aromatic carbocycles. The number of carboxylic acid groups (broad SMARTS) is 1. The maximum atomic E-state index is 11.2. The zero-order chi connectivity index (χ0) is 11.0. The zero-order valence-electron chi connectivity index (χ0n) is 8.78. The van der Waals surface area contributed by atoms with Crippen molar-refractivity contribution >= 4 is 11.9 Å². The highest BCUT2D eigenvalue weighted by molar-refractivity contribution is 5.72. The SMILES string of the molecule is CCCOC(=O)C(C)CCCC(=O)O. The molecule has 0 fully saturated rings. The van der Waals surface area contributed by atoms with Crippen molar-refractivity contribution in [3.05, 3.63) is 0 Å². The Kier molecular flexibility index (Phi) is 6.80. The first-order valence-electron chi connectivity index (χ1n) is 4.96. The van der Waals surface area contributed by atoms with Crippen LogP contribution >= 0.6 is 0 Å². The van der Waals surface area contributed by atoms with E-state index in [9.17, 15) is 9.59 Å². The van der Waals surface area contributed by atoms with E-state index in [1.54, 1.807) is 6.92 Å². The van der Waals surface area contributed by atoms with Crippen LogP contribution in [0.3, 0.4) is 0 Å². The molecule has 0 aromatic rings. The fraction of sp³-hybridized carbons (Fsp3) is 0.800. The van der Waals surface area contributed by atoms with E-state index in [1.807, 2.05) is 6.92 Å². The van der Waals surface area contributed by atoms with Gasteiger partial charge in [0.25, 0.3) is 0 Å². The van der Waals surface area contributed by atoms with Gasteiger partial charge in [-0.1, -0.05) is 13.8 Å². The normalized spacial score (nSPS) is 12.1. The predicted octanol–water partition coefficient (Wildman–Crippen LogP) is 1.83. The molecule has 1 atom stereocenters. The second-order valence-corrected chi connectivity index (χ2v) is 3.35. The van der Waals surface area contributed by atoms with Gasteiger partial charge in [0.05, 0.1) is 12.5 Å². The summed E-state index contributed by atoms with van der Waals surface area (Å²) < 4.78 is 4.92. The van der Waals surface area contributed by atoms with Crippen LogP contribution in [0.4, 0.5) is 0 Å². The van der Waals surface area contributed by atoms with Crippen LogP contribution in [0.1, 0.15) is 39.5 Å². The second-order valence-electron chi connectivity index (χ2n) is 3.35. The van der Waals surface area contributed by atoms with Gasteiger partial charge in [0, 0.05) is 6.42 Å². The molecule has 0 aromatic heterocycles. The van der Waals surface area contributed by atoms with E-state index in [2.05, 4.69) is 0 Å². The van der Waals surface area contributed by atoms with E-state index in [0.717, 1.165) is 6.42 Å². The maximum Gasteiger partial charge on any atom is 0.308 e. The molecular weight excluding hydrogens is 184 g/mol. The molecule has 14 heavy (non-hydrogen) atoms. The highest BCUT2D eigenvalue weighted by Crippen LogP contribution is 2.09. The molecule has 0 heterocycles. The van der Waals surface area contributed by atoms with Gasteiger partial charge in [-0.3, -0.25) is 9.59 Å². The molecule has 0 rings (SSSR count). The summed E-state index contributed by atoms with van der Waals surface area (Å²) >= 11 is 0. The molecule has 1 N–H and O–H groups in total. The molecule has 0 bridgehead atoms. The van der Waals surface area contributed by atoms with Gasteiger partial charge in [0.1, 0.15) is 0 Å². The molecule has 1 unspecified atom stereocenters. The monoisotopic (exact) mass is 202 g/mol. The van der Waals surface area contributed by atoms with Crippen LogP contribution in [0.5, 0.6) is 0 Å². The number of carboxylic acids is 1. The number of hydrogen-bond donors (Lipinski definition) is 1. The summed E-state index contributed by atoms with van der Waals surface area (Å²) in [7, 11) is 0. The number of rotatable bonds is 7. The molecule has 4 heteroatoms. The van der Waals surface area contributed by atoms with E-state index in [0.29, 0.717) is 19.4 Å². The smallest absolute Gasteiger partial charge is 0.308 e. The molecule has 0 radical (unpaired) electrons. The van der Waals surface area contributed by atoms with Gasteiger partial charge in [-0.05, 0) is 19.3 Å². The highest BCUT2D eigenvalue weighted by Gasteiger charge is 2.13. The van der Waals surface area contributed by atoms with Crippen molar-refractivity contribution in [3.63, 3.8) is 0 Å². The van der Waals surface area contributed by atoms with E-state index < -0.39 is 5.97 Å². The lowest BCUT2D eigenvalue weighted by atomic mass is 10.0. The Morgan fingerprint density at radius 3 is 2.57 bits per heavy atom. The number of aliphatic carboxylic acids is 1. The average molecular weight is 202 g/mol. The second kappa shape index (κ2) is 7.35. The van der Waals surface area contributed by atoms with Gasteiger partial charge in [-0.2, -0.15) is 0 Å². The summed E-state index contributed by atoms with van der Waals surface area (Å²) in [5.41, 5.74) is 0. The van der Waals surface area contributed by atoms with Crippen LogP contribution in [0.15, 0.2) is 0 Å². The molecule has 0 aliphatic carbocycles. The summed E-state index contributed by atoms with van der Waals surface area (Å²) in [6.07, 6.45) is 2.03. The van der Waals surface area contributed by atoms with Gasteiger partial charge < -0.3 is 9.84 Å². The van der Waals surface area contributed by atoms with Crippen molar-refractivity contribution in [3.8, 4) is 0 Å². The first-order valence-corrected chi connectivity index (χ1v) is 4.96. The van der Waals surface area contributed by atoms with Crippen molar-refractivity contribution in [2.24, 2.45) is 5.92 Å². The summed E-state index contributed by atoms with van der Waals surface area (Å²) in [4.78, 5) is 21.4. The quantitative estimate of drug-likeness (QED) is 0.640. The Morgan fingerprint density at radius 2 is 2.07 bits per heavy atom. The Bertz CT molecular complexity index is 189. The van der Waals surface area contributed by atoms with E-state index >= 15 is 0 Å². The number of ether oxygens (including phenoxy) is 1. The Labute approximate surface area is 84.3 Å². The first-order chi connectivity index (χ1) is 6.57. The lowest BCUT2D eigenvalue weighted by molar-refractivity contribution is -0.148. The third-order valence-electron chi connectivity index (χ3n) is 1.88. The topological polar surface area (TPSA) is 63.6 Å². The molecule has 82 valence electrons. The molecular formula is C10H18O4. The van der Waals surface area contributed by atoms with Crippen molar-refractivity contribution in [2.75, 3.05) is 6.61 Å². The molecule has 0 aliphatic heterocycles. The van der Waals surface area contributed by atoms with Crippen molar-refractivity contribution in [2.45, 2.75) is 39.5 Å². The number of esters is 1. The highest BCUT2D eigenvalue weighted by atomic mass is 16.5. The van der Waals surface area contributed by atoms with Crippen molar-refractivity contribution < 1.29 is 19.4 Å². The lowest BCUT2D eigenvalue weighted by Gasteiger charge is -2.09. The summed E-state index contributed by atoms with van der Waals surface area (Å²) in [5.74, 6) is -1.24. The van der Waals surface area contributed by atoms with Crippen LogP contribution in [-0.2, 0) is 14.3 Å². The minimum absolute atomic E-state index is 0.116. The molecule has 0 saturated heterocycles. The maximum absolute atomic E-state index is 11.2. The summed E-state index contributed by atoms with van der Waals surface area (Å²) in [5, 5.41) is 8.39. The standard InChI is InChI=1S/C10H18O4/c1-3-7-14-10(13)8(2)5-4-6-9(11)12/h8H,3-7H2,1-2H3,(H,11,12). The van der Waals surface area contributed by atoms with Crippen molar-refractivity contribution in [1.82, 2.24) is 0 Å². The first kappa shape index (κ1) is 12.9. The third kappa shape index (κ3) is 6.46. The number of hydrogen-bond acceptors (Lipinski definition) is 3. The Morgan fingerprint density at radius 1 is 1.43 bits per heavy atom. The summed E-state index contributed by atoms with van der Waals surface area (Å²) in [6.45, 7) is 4.14. The molecule has 4 nitrogen and oxygen atoms in total. The van der Waals surface area contributed by atoms with E-state index in [-0.39, 0.29) is 18.3 Å². The summed E-state index contributed by atoms with van der Waals surface area (Å²) in [6, 6.07) is 0. The fourth-order valence-electron chi connectivity index (χ4n) is 1.02. The van der Waals surface area contributed by atoms with Crippen LogP contribution in [0.25, 0.3) is 0 Å². The minimum Gasteiger partial charge on any atom is -0.481 e. The van der Waals surface area contributed by atoms with Crippen molar-refractivity contribution in [1.29, 1.82) is 0 Å². The predicted molar refractivity (Wildman–Crippen MR) is 51.9 cm³/mol. The van der Waals surface area contributed by atoms with Crippen LogP contribution in [0, 0.1) is 5.92 Å². The van der Waals surface area contributed by atoms with E-state index in [4.69, 9.17) is 9.84 Å². The van der Waals surface area contributed by atoms with Gasteiger partial charge >= 0.3 is 11.9 Å². The fourth-order valence-corrected chi connectivity index (χ4v) is 1.02. The molecule has 0 amide bonds. The van der Waals surface area contributed by atoms with E-state index in [1.165, 1.54) is 0 Å². The zero-order valence-corrected chi connectivity index (χ0v) is 8.78. The third-order valence-corrected chi connectivity index (χ3v) is 1.88. The van der Waals surface area contributed by atoms with Gasteiger partial charge in [0.2, 0.25) is 0 Å². The largest absolute Gasteiger partial charge is 0.481 e. The van der Waals surface area contributed by atoms with Crippen LogP contribution < -0.4 is 0 Å². The minimum atomic E-state index is -0.820. The molecule has 0 spiro atoms. The van der Waals surface area contributed by atoms with Gasteiger partial charge in [-0.25, -0.2) is 0 Å². The van der Waals surface area contributed by atoms with Crippen LogP contribution in [-0.4, -0.2) is 23.7 Å². The van der Waals surface area contributed by atoms with Gasteiger partial charge in [-0.15, -0.1) is 0 Å².